The molecular formula is C12H24N2O2. The molecule has 0 unspecified atom stereocenters. The van der Waals surface area contributed by atoms with Gasteiger partial charge in [-0.2, -0.15) is 0 Å². The molecular weight excluding hydrogens is 204 g/mol. The Morgan fingerprint density at radius 2 is 2.06 bits per heavy atom. The summed E-state index contributed by atoms with van der Waals surface area (Å²) in [5.41, 5.74) is 2.55. The third-order valence-corrected chi connectivity index (χ3v) is 2.77. The third-order valence-electron chi connectivity index (χ3n) is 2.77. The number of hydrogen-bond donors (Lipinski definition) is 2. The molecule has 0 atom stereocenters. The number of amides is 1. The van der Waals surface area contributed by atoms with Crippen LogP contribution < -0.4 is 10.8 Å². The average Bonchev–Trinajstić information content (AvgIpc) is 2.74. The Hall–Kier alpha value is -0.610. The van der Waals surface area contributed by atoms with Gasteiger partial charge in [0, 0.05) is 12.5 Å². The van der Waals surface area contributed by atoms with Gasteiger partial charge < -0.3 is 5.32 Å². The van der Waals surface area contributed by atoms with Gasteiger partial charge in [0.2, 0.25) is 5.91 Å². The van der Waals surface area contributed by atoms with E-state index in [9.17, 15) is 4.79 Å². The number of carbonyl (C=O) groups excluding carboxylic acids is 1. The summed E-state index contributed by atoms with van der Waals surface area (Å²) in [6.45, 7) is 5.08. The SMILES string of the molecule is CC(C)NCCCC(=O)NOC1CCCC1. The Kier molecular flexibility index (Phi) is 6.42. The molecule has 0 aromatic rings. The van der Waals surface area contributed by atoms with E-state index in [1.807, 2.05) is 0 Å². The van der Waals surface area contributed by atoms with Crippen molar-refractivity contribution < 1.29 is 9.63 Å². The topological polar surface area (TPSA) is 50.4 Å². The summed E-state index contributed by atoms with van der Waals surface area (Å²) >= 11 is 0. The van der Waals surface area contributed by atoms with Gasteiger partial charge in [-0.15, -0.1) is 0 Å². The molecule has 2 N–H and O–H groups in total. The highest BCUT2D eigenvalue weighted by Crippen LogP contribution is 2.19. The summed E-state index contributed by atoms with van der Waals surface area (Å²) < 4.78 is 0. The molecule has 1 aliphatic carbocycles. The Morgan fingerprint density at radius 3 is 2.69 bits per heavy atom. The van der Waals surface area contributed by atoms with Crippen molar-refractivity contribution in [2.75, 3.05) is 6.54 Å². The molecule has 1 fully saturated rings. The smallest absolute Gasteiger partial charge is 0.243 e. The molecule has 0 aromatic heterocycles. The Morgan fingerprint density at radius 1 is 1.38 bits per heavy atom. The normalized spacial score (nSPS) is 16.9. The summed E-state index contributed by atoms with van der Waals surface area (Å²) in [5.74, 6) is -0.00236. The Labute approximate surface area is 98.1 Å². The minimum atomic E-state index is -0.00236. The zero-order valence-electron chi connectivity index (χ0n) is 10.4. The molecule has 16 heavy (non-hydrogen) atoms. The van der Waals surface area contributed by atoms with E-state index in [-0.39, 0.29) is 12.0 Å². The van der Waals surface area contributed by atoms with Crippen LogP contribution in [0.25, 0.3) is 0 Å². The van der Waals surface area contributed by atoms with Crippen molar-refractivity contribution in [1.29, 1.82) is 0 Å². The predicted octanol–water partition coefficient (Wildman–Crippen LogP) is 1.75. The highest BCUT2D eigenvalue weighted by Gasteiger charge is 2.16. The van der Waals surface area contributed by atoms with Crippen molar-refractivity contribution in [3.63, 3.8) is 0 Å². The molecule has 0 spiro atoms. The van der Waals surface area contributed by atoms with E-state index in [0.29, 0.717) is 12.5 Å². The van der Waals surface area contributed by atoms with Gasteiger partial charge in [0.05, 0.1) is 6.10 Å². The van der Waals surface area contributed by atoms with Crippen LogP contribution in [0.2, 0.25) is 0 Å². The van der Waals surface area contributed by atoms with Crippen LogP contribution >= 0.6 is 0 Å². The van der Waals surface area contributed by atoms with Gasteiger partial charge in [-0.3, -0.25) is 9.63 Å². The summed E-state index contributed by atoms with van der Waals surface area (Å²) in [5, 5.41) is 3.28. The van der Waals surface area contributed by atoms with E-state index in [4.69, 9.17) is 4.84 Å². The fourth-order valence-electron chi connectivity index (χ4n) is 1.85. The number of nitrogens with one attached hydrogen (secondary N) is 2. The quantitative estimate of drug-likeness (QED) is 0.515. The number of hydroxylamine groups is 1. The zero-order chi connectivity index (χ0) is 11.8. The maximum atomic E-state index is 11.4. The first-order valence-electron chi connectivity index (χ1n) is 6.36. The molecule has 4 heteroatoms. The van der Waals surface area contributed by atoms with Crippen LogP contribution in [-0.4, -0.2) is 24.6 Å². The van der Waals surface area contributed by atoms with E-state index >= 15 is 0 Å². The molecule has 1 rings (SSSR count). The third kappa shape index (κ3) is 6.08. The lowest BCUT2D eigenvalue weighted by Crippen LogP contribution is -2.29. The zero-order valence-corrected chi connectivity index (χ0v) is 10.4. The largest absolute Gasteiger partial charge is 0.315 e. The van der Waals surface area contributed by atoms with Crippen LogP contribution in [0.3, 0.4) is 0 Å². The van der Waals surface area contributed by atoms with E-state index in [2.05, 4.69) is 24.6 Å². The van der Waals surface area contributed by atoms with Crippen molar-refractivity contribution >= 4 is 5.91 Å². The van der Waals surface area contributed by atoms with Crippen molar-refractivity contribution in [3.05, 3.63) is 0 Å². The first kappa shape index (κ1) is 13.5. The average molecular weight is 228 g/mol. The first-order valence-corrected chi connectivity index (χ1v) is 6.36. The van der Waals surface area contributed by atoms with Crippen LogP contribution in [0.15, 0.2) is 0 Å². The Bertz CT molecular complexity index is 201. The summed E-state index contributed by atoms with van der Waals surface area (Å²) in [6, 6.07) is 0.484. The maximum absolute atomic E-state index is 11.4. The molecule has 0 radical (unpaired) electrons. The monoisotopic (exact) mass is 228 g/mol. The molecule has 0 aromatic carbocycles. The second kappa shape index (κ2) is 7.63. The lowest BCUT2D eigenvalue weighted by molar-refractivity contribution is -0.138. The van der Waals surface area contributed by atoms with Gasteiger partial charge in [-0.25, -0.2) is 5.48 Å². The summed E-state index contributed by atoms with van der Waals surface area (Å²) in [4.78, 5) is 16.7. The minimum absolute atomic E-state index is 0.00236. The summed E-state index contributed by atoms with van der Waals surface area (Å²) in [6.07, 6.45) is 6.24. The van der Waals surface area contributed by atoms with Crippen molar-refractivity contribution in [2.45, 2.75) is 64.5 Å². The van der Waals surface area contributed by atoms with E-state index in [1.165, 1.54) is 12.8 Å². The molecule has 1 aliphatic rings. The van der Waals surface area contributed by atoms with Gasteiger partial charge in [-0.1, -0.05) is 26.7 Å². The summed E-state index contributed by atoms with van der Waals surface area (Å²) in [7, 11) is 0. The fourth-order valence-corrected chi connectivity index (χ4v) is 1.85. The lowest BCUT2D eigenvalue weighted by Gasteiger charge is -2.11. The standard InChI is InChI=1S/C12H24N2O2/c1-10(2)13-9-5-8-12(15)14-16-11-6-3-4-7-11/h10-11,13H,3-9H2,1-2H3,(H,14,15). The van der Waals surface area contributed by atoms with Gasteiger partial charge in [0.25, 0.3) is 0 Å². The molecule has 1 saturated carbocycles. The molecule has 94 valence electrons. The molecule has 0 heterocycles. The van der Waals surface area contributed by atoms with E-state index in [1.54, 1.807) is 0 Å². The highest BCUT2D eigenvalue weighted by atomic mass is 16.7. The van der Waals surface area contributed by atoms with Gasteiger partial charge >= 0.3 is 0 Å². The van der Waals surface area contributed by atoms with Crippen LogP contribution in [-0.2, 0) is 9.63 Å². The van der Waals surface area contributed by atoms with E-state index < -0.39 is 0 Å². The van der Waals surface area contributed by atoms with E-state index in [0.717, 1.165) is 25.8 Å². The maximum Gasteiger partial charge on any atom is 0.243 e. The van der Waals surface area contributed by atoms with Gasteiger partial charge in [-0.05, 0) is 25.8 Å². The van der Waals surface area contributed by atoms with Crippen molar-refractivity contribution in [3.8, 4) is 0 Å². The molecule has 0 aliphatic heterocycles. The van der Waals surface area contributed by atoms with Crippen molar-refractivity contribution in [1.82, 2.24) is 10.8 Å². The van der Waals surface area contributed by atoms with Gasteiger partial charge in [0.1, 0.15) is 0 Å². The first-order chi connectivity index (χ1) is 7.68. The molecule has 1 amide bonds. The minimum Gasteiger partial charge on any atom is -0.315 e. The number of carbonyl (C=O) groups is 1. The lowest BCUT2D eigenvalue weighted by atomic mass is 10.3. The van der Waals surface area contributed by atoms with Crippen molar-refractivity contribution in [2.24, 2.45) is 0 Å². The van der Waals surface area contributed by atoms with Crippen LogP contribution in [0.4, 0.5) is 0 Å². The molecule has 0 bridgehead atoms. The van der Waals surface area contributed by atoms with Crippen LogP contribution in [0.1, 0.15) is 52.4 Å². The van der Waals surface area contributed by atoms with Gasteiger partial charge in [0.15, 0.2) is 0 Å². The fraction of sp³-hybridized carbons (Fsp3) is 0.917. The number of hydrogen-bond acceptors (Lipinski definition) is 3. The van der Waals surface area contributed by atoms with Crippen LogP contribution in [0.5, 0.6) is 0 Å². The second-order valence-corrected chi connectivity index (χ2v) is 4.76. The molecule has 4 nitrogen and oxygen atoms in total. The van der Waals surface area contributed by atoms with Crippen LogP contribution in [0, 0.1) is 0 Å². The highest BCUT2D eigenvalue weighted by molar-refractivity contribution is 5.74. The Balaban J connectivity index is 1.94. The molecule has 0 saturated heterocycles. The second-order valence-electron chi connectivity index (χ2n) is 4.76. The number of rotatable bonds is 7. The predicted molar refractivity (Wildman–Crippen MR) is 63.9 cm³/mol.